The van der Waals surface area contributed by atoms with Crippen molar-refractivity contribution < 1.29 is 5.11 Å². The van der Waals surface area contributed by atoms with Crippen LogP contribution in [0.3, 0.4) is 0 Å². The molecule has 150 valence electrons. The number of nitrogens with zero attached hydrogens (tertiary/aromatic N) is 3. The molecule has 0 unspecified atom stereocenters. The molecule has 1 aliphatic heterocycles. The van der Waals surface area contributed by atoms with Crippen LogP contribution in [0, 0.1) is 13.8 Å². The molecule has 0 amide bonds. The van der Waals surface area contributed by atoms with E-state index in [0.29, 0.717) is 11.7 Å². The first kappa shape index (κ1) is 20.1. The van der Waals surface area contributed by atoms with Crippen LogP contribution in [0.15, 0.2) is 59.2 Å². The zero-order valence-corrected chi connectivity index (χ0v) is 18.7. The molecule has 4 rings (SSSR count). The van der Waals surface area contributed by atoms with E-state index in [1.54, 1.807) is 6.20 Å². The Hall–Kier alpha value is -2.22. The highest BCUT2D eigenvalue weighted by atomic mass is 79.9. The largest absolute Gasteiger partial charge is 0.395 e. The molecule has 0 bridgehead atoms. The van der Waals surface area contributed by atoms with Crippen molar-refractivity contribution in [1.29, 1.82) is 0 Å². The summed E-state index contributed by atoms with van der Waals surface area (Å²) in [5.41, 5.74) is 5.51. The van der Waals surface area contributed by atoms with E-state index >= 15 is 0 Å². The van der Waals surface area contributed by atoms with Crippen LogP contribution in [0.4, 0.5) is 0 Å². The summed E-state index contributed by atoms with van der Waals surface area (Å²) in [6, 6.07) is 16.2. The molecule has 3 aromatic rings. The van der Waals surface area contributed by atoms with Crippen LogP contribution in [0.2, 0.25) is 0 Å². The van der Waals surface area contributed by atoms with E-state index in [2.05, 4.69) is 67.7 Å². The Balaban J connectivity index is 1.85. The van der Waals surface area contributed by atoms with Gasteiger partial charge in [0, 0.05) is 28.6 Å². The number of nitrogens with one attached hydrogen (secondary N) is 1. The summed E-state index contributed by atoms with van der Waals surface area (Å²) in [7, 11) is 0. The minimum Gasteiger partial charge on any atom is -0.395 e. The third-order valence-electron chi connectivity index (χ3n) is 5.42. The van der Waals surface area contributed by atoms with Crippen molar-refractivity contribution in [2.24, 2.45) is 0 Å². The van der Waals surface area contributed by atoms with Gasteiger partial charge in [-0.15, -0.1) is 0 Å². The smallest absolute Gasteiger partial charge is 0.170 e. The van der Waals surface area contributed by atoms with Crippen LogP contribution in [-0.2, 0) is 0 Å². The Morgan fingerprint density at radius 3 is 2.62 bits per heavy atom. The first-order chi connectivity index (χ1) is 14.0. The van der Waals surface area contributed by atoms with Gasteiger partial charge in [-0.05, 0) is 77.9 Å². The minimum absolute atomic E-state index is 0.0379. The summed E-state index contributed by atoms with van der Waals surface area (Å²) in [6.07, 6.45) is 1.80. The lowest BCUT2D eigenvalue weighted by Crippen LogP contribution is -2.32. The molecule has 7 heteroatoms. The van der Waals surface area contributed by atoms with Gasteiger partial charge in [-0.1, -0.05) is 18.2 Å². The number of aromatic nitrogens is 2. The fourth-order valence-electron chi connectivity index (χ4n) is 4.18. The molecule has 1 fully saturated rings. The minimum atomic E-state index is -0.0802. The standard InChI is InChI=1S/C22H23BrN4OS/c1-14-13-16(15(2)27(14)19-9-4-3-7-17(19)23)21-20(18-8-5-6-10-24-18)25-22(29)26(21)11-12-28/h3-10,13,20-21,28H,11-12H2,1-2H3,(H,25,29)/t20-,21-/m0/s1. The van der Waals surface area contributed by atoms with Gasteiger partial charge in [0.2, 0.25) is 0 Å². The Labute approximate surface area is 184 Å². The van der Waals surface area contributed by atoms with Gasteiger partial charge in [0.05, 0.1) is 30.1 Å². The van der Waals surface area contributed by atoms with E-state index in [0.717, 1.165) is 27.2 Å². The number of halogens is 1. The first-order valence-corrected chi connectivity index (χ1v) is 10.8. The van der Waals surface area contributed by atoms with Gasteiger partial charge in [-0.2, -0.15) is 0 Å². The van der Waals surface area contributed by atoms with Crippen molar-refractivity contribution in [3.05, 3.63) is 81.8 Å². The van der Waals surface area contributed by atoms with E-state index in [-0.39, 0.29) is 18.7 Å². The van der Waals surface area contributed by atoms with Gasteiger partial charge >= 0.3 is 0 Å². The number of para-hydroxylation sites is 1. The van der Waals surface area contributed by atoms with Crippen molar-refractivity contribution in [3.63, 3.8) is 0 Å². The lowest BCUT2D eigenvalue weighted by molar-refractivity contribution is 0.223. The highest BCUT2D eigenvalue weighted by Crippen LogP contribution is 2.41. The third kappa shape index (κ3) is 3.58. The second-order valence-electron chi connectivity index (χ2n) is 7.16. The van der Waals surface area contributed by atoms with Crippen molar-refractivity contribution in [2.75, 3.05) is 13.2 Å². The molecule has 29 heavy (non-hydrogen) atoms. The number of aryl methyl sites for hydroxylation is 1. The van der Waals surface area contributed by atoms with Crippen molar-refractivity contribution in [3.8, 4) is 5.69 Å². The molecule has 0 spiro atoms. The van der Waals surface area contributed by atoms with Gasteiger partial charge in [-0.3, -0.25) is 4.98 Å². The fraction of sp³-hybridized carbons (Fsp3) is 0.273. The Kier molecular flexibility index (Phi) is 5.72. The number of β-amino-alcohol motifs (C(OH)–C–C–N with tert-alkyl or cyclic N) is 1. The third-order valence-corrected chi connectivity index (χ3v) is 6.44. The second kappa shape index (κ2) is 8.26. The average molecular weight is 471 g/mol. The van der Waals surface area contributed by atoms with Gasteiger partial charge in [0.25, 0.3) is 0 Å². The summed E-state index contributed by atoms with van der Waals surface area (Å²) >= 11 is 9.30. The second-order valence-corrected chi connectivity index (χ2v) is 8.40. The number of hydrogen-bond donors (Lipinski definition) is 2. The maximum atomic E-state index is 9.65. The maximum absolute atomic E-state index is 9.65. The zero-order valence-electron chi connectivity index (χ0n) is 16.3. The first-order valence-electron chi connectivity index (χ1n) is 9.55. The molecule has 5 nitrogen and oxygen atoms in total. The van der Waals surface area contributed by atoms with Gasteiger partial charge in [-0.25, -0.2) is 0 Å². The van der Waals surface area contributed by atoms with E-state index in [4.69, 9.17) is 12.2 Å². The van der Waals surface area contributed by atoms with Crippen molar-refractivity contribution in [2.45, 2.75) is 25.9 Å². The van der Waals surface area contributed by atoms with E-state index in [1.165, 1.54) is 5.56 Å². The monoisotopic (exact) mass is 470 g/mol. The van der Waals surface area contributed by atoms with Crippen LogP contribution < -0.4 is 5.32 Å². The molecule has 1 saturated heterocycles. The molecule has 0 radical (unpaired) electrons. The van der Waals surface area contributed by atoms with Crippen LogP contribution >= 0.6 is 28.1 Å². The normalized spacial score (nSPS) is 18.9. The molecule has 0 aliphatic carbocycles. The van der Waals surface area contributed by atoms with Gasteiger partial charge < -0.3 is 19.9 Å². The molecular weight excluding hydrogens is 448 g/mol. The highest BCUT2D eigenvalue weighted by molar-refractivity contribution is 9.10. The summed E-state index contributed by atoms with van der Waals surface area (Å²) in [5.74, 6) is 0. The Morgan fingerprint density at radius 2 is 1.93 bits per heavy atom. The SMILES string of the molecule is Cc1cc([C@H]2[C@H](c3ccccn3)NC(=S)N2CCO)c(C)n1-c1ccccc1Br. The Morgan fingerprint density at radius 1 is 1.17 bits per heavy atom. The molecule has 2 N–H and O–H groups in total. The lowest BCUT2D eigenvalue weighted by atomic mass is 9.97. The van der Waals surface area contributed by atoms with Crippen LogP contribution in [0.1, 0.15) is 34.7 Å². The van der Waals surface area contributed by atoms with Crippen LogP contribution in [0.5, 0.6) is 0 Å². The number of benzene rings is 1. The number of aliphatic hydroxyl groups is 1. The number of hydrogen-bond acceptors (Lipinski definition) is 3. The predicted octanol–water partition coefficient (Wildman–Crippen LogP) is 4.22. The molecule has 1 aliphatic rings. The highest BCUT2D eigenvalue weighted by Gasteiger charge is 2.41. The Bertz CT molecular complexity index is 1040. The lowest BCUT2D eigenvalue weighted by Gasteiger charge is -2.27. The number of thiocarbonyl (C=S) groups is 1. The topological polar surface area (TPSA) is 53.3 Å². The quantitative estimate of drug-likeness (QED) is 0.546. The van der Waals surface area contributed by atoms with Crippen LogP contribution in [0.25, 0.3) is 5.69 Å². The number of rotatable bonds is 5. The van der Waals surface area contributed by atoms with Gasteiger partial charge in [0.1, 0.15) is 0 Å². The molecule has 2 atom stereocenters. The molecule has 0 saturated carbocycles. The number of pyridine rings is 1. The fourth-order valence-corrected chi connectivity index (χ4v) is 4.98. The van der Waals surface area contributed by atoms with Gasteiger partial charge in [0.15, 0.2) is 5.11 Å². The summed E-state index contributed by atoms with van der Waals surface area (Å²) < 4.78 is 3.30. The summed E-state index contributed by atoms with van der Waals surface area (Å²) in [4.78, 5) is 6.64. The zero-order chi connectivity index (χ0) is 20.5. The molecular formula is C22H23BrN4OS. The van der Waals surface area contributed by atoms with Crippen LogP contribution in [-0.4, -0.2) is 37.8 Å². The summed E-state index contributed by atoms with van der Waals surface area (Å²) in [6.45, 7) is 4.76. The van der Waals surface area contributed by atoms with E-state index < -0.39 is 0 Å². The van der Waals surface area contributed by atoms with Crippen molar-refractivity contribution >= 4 is 33.3 Å². The van der Waals surface area contributed by atoms with E-state index in [9.17, 15) is 5.11 Å². The molecule has 2 aromatic heterocycles. The van der Waals surface area contributed by atoms with E-state index in [1.807, 2.05) is 30.3 Å². The van der Waals surface area contributed by atoms with Crippen molar-refractivity contribution in [1.82, 2.24) is 19.8 Å². The number of aliphatic hydroxyl groups excluding tert-OH is 1. The average Bonchev–Trinajstić information content (AvgIpc) is 3.19. The molecule has 3 heterocycles. The molecule has 1 aromatic carbocycles. The predicted molar refractivity (Wildman–Crippen MR) is 122 cm³/mol. The summed E-state index contributed by atoms with van der Waals surface area (Å²) in [5, 5.41) is 13.7. The maximum Gasteiger partial charge on any atom is 0.170 e.